The van der Waals surface area contributed by atoms with E-state index in [4.69, 9.17) is 10.5 Å². The van der Waals surface area contributed by atoms with Gasteiger partial charge >= 0.3 is 5.97 Å². The van der Waals surface area contributed by atoms with Gasteiger partial charge in [-0.2, -0.15) is 0 Å². The molecule has 1 unspecified atom stereocenters. The number of rotatable bonds is 5. The first-order valence-electron chi connectivity index (χ1n) is 4.65. The second-order valence-electron chi connectivity index (χ2n) is 3.43. The van der Waals surface area contributed by atoms with Crippen LogP contribution in [0.5, 0.6) is 0 Å². The monoisotopic (exact) mass is 171 g/mol. The van der Waals surface area contributed by atoms with E-state index in [-0.39, 0.29) is 12.0 Å². The molecule has 0 spiro atoms. The molecule has 0 aliphatic heterocycles. The summed E-state index contributed by atoms with van der Waals surface area (Å²) in [5, 5.41) is 0. The summed E-state index contributed by atoms with van der Waals surface area (Å²) in [6, 6.07) is 0.0364. The quantitative estimate of drug-likeness (QED) is 0.629. The summed E-state index contributed by atoms with van der Waals surface area (Å²) in [6.45, 7) is 2.50. The van der Waals surface area contributed by atoms with Crippen LogP contribution in [-0.4, -0.2) is 18.6 Å². The van der Waals surface area contributed by atoms with E-state index in [1.807, 2.05) is 6.92 Å². The minimum atomic E-state index is -0.142. The van der Waals surface area contributed by atoms with Gasteiger partial charge in [-0.05, 0) is 25.2 Å². The Morgan fingerprint density at radius 1 is 1.67 bits per heavy atom. The molecule has 0 saturated heterocycles. The minimum Gasteiger partial charge on any atom is -0.466 e. The third-order valence-corrected chi connectivity index (χ3v) is 2.10. The van der Waals surface area contributed by atoms with Crippen LogP contribution >= 0.6 is 0 Å². The fourth-order valence-electron chi connectivity index (χ4n) is 1.16. The number of hydrogen-bond acceptors (Lipinski definition) is 3. The van der Waals surface area contributed by atoms with E-state index >= 15 is 0 Å². The first-order chi connectivity index (χ1) is 5.74. The Bertz CT molecular complexity index is 155. The highest BCUT2D eigenvalue weighted by Crippen LogP contribution is 2.32. The highest BCUT2D eigenvalue weighted by atomic mass is 16.5. The van der Waals surface area contributed by atoms with Gasteiger partial charge in [0.05, 0.1) is 13.0 Å². The summed E-state index contributed by atoms with van der Waals surface area (Å²) >= 11 is 0. The lowest BCUT2D eigenvalue weighted by Crippen LogP contribution is -2.26. The predicted octanol–water partition coefficient (Wildman–Crippen LogP) is 1.07. The minimum absolute atomic E-state index is 0.0364. The molecule has 0 heterocycles. The molecule has 0 radical (unpaired) electrons. The first-order valence-corrected chi connectivity index (χ1v) is 4.65. The average molecular weight is 171 g/mol. The van der Waals surface area contributed by atoms with E-state index in [9.17, 15) is 4.79 Å². The van der Waals surface area contributed by atoms with Crippen molar-refractivity contribution in [2.75, 3.05) is 6.61 Å². The van der Waals surface area contributed by atoms with Gasteiger partial charge in [-0.25, -0.2) is 0 Å². The SMILES string of the molecule is CCCOC(=O)CC(N)C1CC1. The highest BCUT2D eigenvalue weighted by molar-refractivity contribution is 5.70. The number of carbonyl (C=O) groups excluding carboxylic acids is 1. The molecule has 70 valence electrons. The normalized spacial score (nSPS) is 18.8. The van der Waals surface area contributed by atoms with Crippen molar-refractivity contribution in [3.63, 3.8) is 0 Å². The lowest BCUT2D eigenvalue weighted by molar-refractivity contribution is -0.144. The number of ether oxygens (including phenoxy) is 1. The average Bonchev–Trinajstić information content (AvgIpc) is 2.82. The fraction of sp³-hybridized carbons (Fsp3) is 0.889. The van der Waals surface area contributed by atoms with Crippen molar-refractivity contribution >= 4 is 5.97 Å². The lowest BCUT2D eigenvalue weighted by atomic mass is 10.1. The smallest absolute Gasteiger partial charge is 0.307 e. The molecule has 2 N–H and O–H groups in total. The zero-order valence-electron chi connectivity index (χ0n) is 7.58. The van der Waals surface area contributed by atoms with Crippen molar-refractivity contribution < 1.29 is 9.53 Å². The van der Waals surface area contributed by atoms with Crippen LogP contribution in [0.15, 0.2) is 0 Å². The highest BCUT2D eigenvalue weighted by Gasteiger charge is 2.30. The van der Waals surface area contributed by atoms with Crippen molar-refractivity contribution in [2.45, 2.75) is 38.6 Å². The first kappa shape index (κ1) is 9.52. The molecule has 1 atom stereocenters. The maximum atomic E-state index is 11.0. The van der Waals surface area contributed by atoms with Gasteiger partial charge in [0.15, 0.2) is 0 Å². The number of nitrogens with two attached hydrogens (primary N) is 1. The maximum Gasteiger partial charge on any atom is 0.307 e. The summed E-state index contributed by atoms with van der Waals surface area (Å²) in [4.78, 5) is 11.0. The second-order valence-corrected chi connectivity index (χ2v) is 3.43. The Morgan fingerprint density at radius 2 is 2.33 bits per heavy atom. The molecule has 12 heavy (non-hydrogen) atoms. The van der Waals surface area contributed by atoms with Gasteiger partial charge in [0.1, 0.15) is 0 Å². The fourth-order valence-corrected chi connectivity index (χ4v) is 1.16. The summed E-state index contributed by atoms with van der Waals surface area (Å²) < 4.78 is 4.92. The molecule has 0 aromatic heterocycles. The van der Waals surface area contributed by atoms with Gasteiger partial charge in [-0.1, -0.05) is 6.92 Å². The molecule has 3 heteroatoms. The molecule has 0 aromatic carbocycles. The van der Waals surface area contributed by atoms with Crippen molar-refractivity contribution in [2.24, 2.45) is 11.7 Å². The maximum absolute atomic E-state index is 11.0. The molecular weight excluding hydrogens is 154 g/mol. The Morgan fingerprint density at radius 3 is 2.83 bits per heavy atom. The van der Waals surface area contributed by atoms with Crippen LogP contribution in [0.4, 0.5) is 0 Å². The summed E-state index contributed by atoms with van der Waals surface area (Å²) in [6.07, 6.45) is 3.64. The van der Waals surface area contributed by atoms with Crippen molar-refractivity contribution in [3.05, 3.63) is 0 Å². The van der Waals surface area contributed by atoms with Gasteiger partial charge in [0.25, 0.3) is 0 Å². The van der Waals surface area contributed by atoms with Crippen LogP contribution < -0.4 is 5.73 Å². The Kier molecular flexibility index (Phi) is 3.53. The van der Waals surface area contributed by atoms with E-state index in [0.29, 0.717) is 18.9 Å². The van der Waals surface area contributed by atoms with E-state index in [2.05, 4.69) is 0 Å². The van der Waals surface area contributed by atoms with Crippen LogP contribution in [-0.2, 0) is 9.53 Å². The van der Waals surface area contributed by atoms with Crippen molar-refractivity contribution in [1.29, 1.82) is 0 Å². The van der Waals surface area contributed by atoms with Gasteiger partial charge in [-0.3, -0.25) is 4.79 Å². The molecule has 1 aliphatic carbocycles. The largest absolute Gasteiger partial charge is 0.466 e. The van der Waals surface area contributed by atoms with Crippen LogP contribution in [0, 0.1) is 5.92 Å². The van der Waals surface area contributed by atoms with Crippen LogP contribution in [0.1, 0.15) is 32.6 Å². The van der Waals surface area contributed by atoms with E-state index in [1.54, 1.807) is 0 Å². The zero-order valence-corrected chi connectivity index (χ0v) is 7.58. The second kappa shape index (κ2) is 4.45. The third kappa shape index (κ3) is 3.22. The van der Waals surface area contributed by atoms with Crippen molar-refractivity contribution in [1.82, 2.24) is 0 Å². The molecule has 1 aliphatic rings. The van der Waals surface area contributed by atoms with Gasteiger partial charge in [0.2, 0.25) is 0 Å². The van der Waals surface area contributed by atoms with E-state index < -0.39 is 0 Å². The number of esters is 1. The zero-order chi connectivity index (χ0) is 8.97. The van der Waals surface area contributed by atoms with Gasteiger partial charge in [0, 0.05) is 6.04 Å². The molecule has 0 aromatic rings. The topological polar surface area (TPSA) is 52.3 Å². The summed E-state index contributed by atoms with van der Waals surface area (Å²) in [7, 11) is 0. The van der Waals surface area contributed by atoms with E-state index in [0.717, 1.165) is 6.42 Å². The number of hydrogen-bond donors (Lipinski definition) is 1. The molecule has 0 amide bonds. The molecule has 1 fully saturated rings. The molecule has 0 bridgehead atoms. The molecule has 3 nitrogen and oxygen atoms in total. The van der Waals surface area contributed by atoms with Gasteiger partial charge in [-0.15, -0.1) is 0 Å². The van der Waals surface area contributed by atoms with Crippen LogP contribution in [0.25, 0.3) is 0 Å². The Labute approximate surface area is 73.3 Å². The summed E-state index contributed by atoms with van der Waals surface area (Å²) in [5.41, 5.74) is 5.75. The van der Waals surface area contributed by atoms with Gasteiger partial charge < -0.3 is 10.5 Å². The number of carbonyl (C=O) groups is 1. The lowest BCUT2D eigenvalue weighted by Gasteiger charge is -2.08. The van der Waals surface area contributed by atoms with Crippen LogP contribution in [0.3, 0.4) is 0 Å². The Hall–Kier alpha value is -0.570. The van der Waals surface area contributed by atoms with Crippen LogP contribution in [0.2, 0.25) is 0 Å². The molecule has 1 saturated carbocycles. The molecule has 1 rings (SSSR count). The predicted molar refractivity (Wildman–Crippen MR) is 46.6 cm³/mol. The van der Waals surface area contributed by atoms with Crippen molar-refractivity contribution in [3.8, 4) is 0 Å². The summed E-state index contributed by atoms with van der Waals surface area (Å²) in [5.74, 6) is 0.440. The van der Waals surface area contributed by atoms with E-state index in [1.165, 1.54) is 12.8 Å². The third-order valence-electron chi connectivity index (χ3n) is 2.10. The molecular formula is C9H17NO2. The standard InChI is InChI=1S/C9H17NO2/c1-2-5-12-9(11)6-8(10)7-3-4-7/h7-8H,2-6,10H2,1H3. The Balaban J connectivity index is 2.07.